The van der Waals surface area contributed by atoms with E-state index in [4.69, 9.17) is 9.47 Å². The molecule has 0 bridgehead atoms. The zero-order valence-electron chi connectivity index (χ0n) is 16.7. The molecule has 30 heavy (non-hydrogen) atoms. The first-order valence-electron chi connectivity index (χ1n) is 10.0. The van der Waals surface area contributed by atoms with Gasteiger partial charge >= 0.3 is 0 Å². The van der Waals surface area contributed by atoms with Crippen molar-refractivity contribution in [1.82, 2.24) is 10.3 Å². The number of aromatic nitrogens is 1. The predicted molar refractivity (Wildman–Crippen MR) is 111 cm³/mol. The van der Waals surface area contributed by atoms with Crippen LogP contribution in [0.3, 0.4) is 0 Å². The van der Waals surface area contributed by atoms with E-state index in [0.717, 1.165) is 11.3 Å². The van der Waals surface area contributed by atoms with Gasteiger partial charge in [0.25, 0.3) is 0 Å². The first-order valence-corrected chi connectivity index (χ1v) is 10.0. The molecule has 5 nitrogen and oxygen atoms in total. The van der Waals surface area contributed by atoms with Gasteiger partial charge in [-0.1, -0.05) is 18.2 Å². The summed E-state index contributed by atoms with van der Waals surface area (Å²) in [5, 5.41) is 2.93. The molecule has 1 N–H and O–H groups in total. The predicted octanol–water partition coefficient (Wildman–Crippen LogP) is 4.83. The fourth-order valence-electron chi connectivity index (χ4n) is 3.43. The molecular formula is C24H23FN2O3. The Morgan fingerprint density at radius 2 is 1.90 bits per heavy atom. The van der Waals surface area contributed by atoms with E-state index in [1.165, 1.54) is 6.07 Å². The number of carbonyl (C=O) groups is 1. The Balaban J connectivity index is 1.31. The molecule has 0 saturated heterocycles. The average Bonchev–Trinajstić information content (AvgIpc) is 3.55. The van der Waals surface area contributed by atoms with Crippen molar-refractivity contribution in [3.05, 3.63) is 83.8 Å². The standard InChI is InChI=1S/C24H23FN2O3/c1-2-29-17-7-9-18(10-8-17)30-23-13-16(11-12-26-23)15-27-24(28)21-14-20(21)19-5-3-4-6-22(19)25/h3-13,20-21H,2,14-15H2,1H3,(H,27,28). The highest BCUT2D eigenvalue weighted by Crippen LogP contribution is 2.48. The van der Waals surface area contributed by atoms with Gasteiger partial charge < -0.3 is 14.8 Å². The Morgan fingerprint density at radius 3 is 2.67 bits per heavy atom. The van der Waals surface area contributed by atoms with Gasteiger partial charge in [0, 0.05) is 24.7 Å². The molecule has 6 heteroatoms. The summed E-state index contributed by atoms with van der Waals surface area (Å²) < 4.78 is 25.1. The van der Waals surface area contributed by atoms with Gasteiger partial charge in [-0.05, 0) is 66.8 Å². The highest BCUT2D eigenvalue weighted by atomic mass is 19.1. The number of amides is 1. The quantitative estimate of drug-likeness (QED) is 0.582. The minimum Gasteiger partial charge on any atom is -0.494 e. The van der Waals surface area contributed by atoms with Crippen molar-refractivity contribution in [2.45, 2.75) is 25.8 Å². The van der Waals surface area contributed by atoms with Crippen molar-refractivity contribution in [1.29, 1.82) is 0 Å². The summed E-state index contributed by atoms with van der Waals surface area (Å²) in [5.74, 6) is 1.35. The van der Waals surface area contributed by atoms with Crippen LogP contribution in [0.2, 0.25) is 0 Å². The van der Waals surface area contributed by atoms with Crippen LogP contribution in [0.4, 0.5) is 4.39 Å². The Kier molecular flexibility index (Phi) is 5.93. The summed E-state index contributed by atoms with van der Waals surface area (Å²) in [6, 6.07) is 17.6. The summed E-state index contributed by atoms with van der Waals surface area (Å²) in [7, 11) is 0. The number of ether oxygens (including phenoxy) is 2. The van der Waals surface area contributed by atoms with Gasteiger partial charge in [-0.15, -0.1) is 0 Å². The van der Waals surface area contributed by atoms with Crippen LogP contribution >= 0.6 is 0 Å². The van der Waals surface area contributed by atoms with Crippen LogP contribution < -0.4 is 14.8 Å². The lowest BCUT2D eigenvalue weighted by Crippen LogP contribution is -2.25. The molecule has 0 radical (unpaired) electrons. The molecule has 1 saturated carbocycles. The minimum absolute atomic E-state index is 0.0396. The highest BCUT2D eigenvalue weighted by Gasteiger charge is 2.44. The number of nitrogens with one attached hydrogen (secondary N) is 1. The lowest BCUT2D eigenvalue weighted by Gasteiger charge is -2.09. The molecule has 1 aliphatic rings. The second kappa shape index (κ2) is 8.95. The van der Waals surface area contributed by atoms with E-state index in [1.807, 2.05) is 37.3 Å². The highest BCUT2D eigenvalue weighted by molar-refractivity contribution is 5.82. The summed E-state index contributed by atoms with van der Waals surface area (Å²) in [4.78, 5) is 16.7. The van der Waals surface area contributed by atoms with Crippen molar-refractivity contribution in [3.63, 3.8) is 0 Å². The van der Waals surface area contributed by atoms with E-state index in [2.05, 4.69) is 10.3 Å². The van der Waals surface area contributed by atoms with Gasteiger partial charge in [0.1, 0.15) is 17.3 Å². The fourth-order valence-corrected chi connectivity index (χ4v) is 3.43. The van der Waals surface area contributed by atoms with Gasteiger partial charge in [-0.25, -0.2) is 9.37 Å². The van der Waals surface area contributed by atoms with Crippen LogP contribution in [0.5, 0.6) is 17.4 Å². The molecule has 1 fully saturated rings. The smallest absolute Gasteiger partial charge is 0.224 e. The summed E-state index contributed by atoms with van der Waals surface area (Å²) >= 11 is 0. The van der Waals surface area contributed by atoms with E-state index < -0.39 is 0 Å². The average molecular weight is 406 g/mol. The molecule has 2 aromatic carbocycles. The molecule has 0 spiro atoms. The molecule has 1 aromatic heterocycles. The van der Waals surface area contributed by atoms with E-state index in [-0.39, 0.29) is 23.6 Å². The van der Waals surface area contributed by atoms with E-state index >= 15 is 0 Å². The SMILES string of the molecule is CCOc1ccc(Oc2cc(CNC(=O)C3CC3c3ccccc3F)ccn2)cc1. The van der Waals surface area contributed by atoms with Crippen molar-refractivity contribution in [3.8, 4) is 17.4 Å². The van der Waals surface area contributed by atoms with Crippen LogP contribution in [0, 0.1) is 11.7 Å². The molecule has 1 heterocycles. The van der Waals surface area contributed by atoms with Gasteiger partial charge in [0.05, 0.1) is 6.61 Å². The van der Waals surface area contributed by atoms with E-state index in [0.29, 0.717) is 36.8 Å². The third-order valence-electron chi connectivity index (χ3n) is 5.06. The maximum Gasteiger partial charge on any atom is 0.224 e. The largest absolute Gasteiger partial charge is 0.494 e. The third kappa shape index (κ3) is 4.76. The number of carbonyl (C=O) groups excluding carboxylic acids is 1. The summed E-state index contributed by atoms with van der Waals surface area (Å²) in [6.07, 6.45) is 2.32. The molecule has 4 rings (SSSR count). The third-order valence-corrected chi connectivity index (χ3v) is 5.06. The first kappa shape index (κ1) is 19.9. The van der Waals surface area contributed by atoms with Crippen molar-refractivity contribution in [2.75, 3.05) is 6.61 Å². The molecule has 2 atom stereocenters. The van der Waals surface area contributed by atoms with Gasteiger partial charge in [-0.3, -0.25) is 4.79 Å². The maximum atomic E-state index is 13.9. The molecular weight excluding hydrogens is 383 g/mol. The zero-order valence-corrected chi connectivity index (χ0v) is 16.7. The van der Waals surface area contributed by atoms with Crippen molar-refractivity contribution >= 4 is 5.91 Å². The number of hydrogen-bond donors (Lipinski definition) is 1. The normalized spacial score (nSPS) is 17.3. The van der Waals surface area contributed by atoms with Gasteiger partial charge in [-0.2, -0.15) is 0 Å². The topological polar surface area (TPSA) is 60.5 Å². The van der Waals surface area contributed by atoms with E-state index in [1.54, 1.807) is 30.5 Å². The Bertz CT molecular complexity index is 1020. The molecule has 154 valence electrons. The van der Waals surface area contributed by atoms with Gasteiger partial charge in [0.15, 0.2) is 0 Å². The maximum absolute atomic E-state index is 13.9. The zero-order chi connectivity index (χ0) is 20.9. The fraction of sp³-hybridized carbons (Fsp3) is 0.250. The van der Waals surface area contributed by atoms with Crippen molar-refractivity contribution in [2.24, 2.45) is 5.92 Å². The second-order valence-electron chi connectivity index (χ2n) is 7.20. The Morgan fingerprint density at radius 1 is 1.13 bits per heavy atom. The second-order valence-corrected chi connectivity index (χ2v) is 7.20. The molecule has 2 unspecified atom stereocenters. The van der Waals surface area contributed by atoms with Gasteiger partial charge in [0.2, 0.25) is 11.8 Å². The number of nitrogens with zero attached hydrogens (tertiary/aromatic N) is 1. The van der Waals surface area contributed by atoms with Crippen LogP contribution in [-0.4, -0.2) is 17.5 Å². The number of rotatable bonds is 8. The van der Waals surface area contributed by atoms with Crippen LogP contribution in [-0.2, 0) is 11.3 Å². The lowest BCUT2D eigenvalue weighted by atomic mass is 10.1. The number of hydrogen-bond acceptors (Lipinski definition) is 4. The molecule has 3 aromatic rings. The lowest BCUT2D eigenvalue weighted by molar-refractivity contribution is -0.122. The number of halogens is 1. The van der Waals surface area contributed by atoms with E-state index in [9.17, 15) is 9.18 Å². The molecule has 1 amide bonds. The summed E-state index contributed by atoms with van der Waals surface area (Å²) in [6.45, 7) is 2.90. The Hall–Kier alpha value is -3.41. The van der Waals surface area contributed by atoms with Crippen LogP contribution in [0.25, 0.3) is 0 Å². The Labute approximate surface area is 174 Å². The molecule has 1 aliphatic carbocycles. The minimum atomic E-state index is -0.247. The number of pyridine rings is 1. The monoisotopic (exact) mass is 406 g/mol. The van der Waals surface area contributed by atoms with Crippen LogP contribution in [0.15, 0.2) is 66.9 Å². The molecule has 0 aliphatic heterocycles. The van der Waals surface area contributed by atoms with Crippen molar-refractivity contribution < 1.29 is 18.7 Å². The van der Waals surface area contributed by atoms with Crippen LogP contribution in [0.1, 0.15) is 30.4 Å². The number of benzene rings is 2. The first-order chi connectivity index (χ1) is 14.6. The summed E-state index contributed by atoms with van der Waals surface area (Å²) in [5.41, 5.74) is 1.50.